The Bertz CT molecular complexity index is 1200. The average Bonchev–Trinajstić information content (AvgIpc) is 3.54. The number of carbonyl (C=O) groups is 1. The largest absolute Gasteiger partial charge is 0.375 e. The number of thiocarbonyl (C=S) groups is 1. The summed E-state index contributed by atoms with van der Waals surface area (Å²) < 4.78 is 7.37. The number of nitrogens with one attached hydrogen (secondary N) is 2. The molecular weight excluding hydrogens is 446 g/mol. The van der Waals surface area contributed by atoms with Crippen LogP contribution in [0.3, 0.4) is 0 Å². The van der Waals surface area contributed by atoms with Crippen LogP contribution in [-0.2, 0) is 9.53 Å². The molecule has 1 aliphatic heterocycles. The normalized spacial score (nSPS) is 19.9. The molecule has 176 valence electrons. The molecule has 1 amide bonds. The zero-order valence-electron chi connectivity index (χ0n) is 19.6. The van der Waals surface area contributed by atoms with Crippen molar-refractivity contribution in [3.63, 3.8) is 0 Å². The number of hydrogen-bond acceptors (Lipinski definition) is 4. The molecule has 2 atom stereocenters. The van der Waals surface area contributed by atoms with Crippen molar-refractivity contribution in [3.8, 4) is 0 Å². The van der Waals surface area contributed by atoms with Crippen molar-refractivity contribution in [3.05, 3.63) is 77.4 Å². The number of hydrogen-bond donors (Lipinski definition) is 2. The van der Waals surface area contributed by atoms with E-state index in [9.17, 15) is 4.79 Å². The van der Waals surface area contributed by atoms with E-state index in [1.54, 1.807) is 0 Å². The first-order valence-corrected chi connectivity index (χ1v) is 12.0. The molecule has 5 rings (SSSR count). The summed E-state index contributed by atoms with van der Waals surface area (Å²) in [5, 5.41) is 7.04. The van der Waals surface area contributed by atoms with E-state index in [4.69, 9.17) is 17.0 Å². The predicted molar refractivity (Wildman–Crippen MR) is 137 cm³/mol. The number of pyridine rings is 1. The number of aromatic nitrogens is 2. The third kappa shape index (κ3) is 4.19. The van der Waals surface area contributed by atoms with Crippen molar-refractivity contribution in [2.45, 2.75) is 44.8 Å². The summed E-state index contributed by atoms with van der Waals surface area (Å²) in [6.07, 6.45) is 4.30. The molecule has 7 nitrogen and oxygen atoms in total. The molecule has 3 heterocycles. The molecule has 8 heteroatoms. The Kier molecular flexibility index (Phi) is 6.10. The van der Waals surface area contributed by atoms with Crippen LogP contribution in [-0.4, -0.2) is 34.3 Å². The summed E-state index contributed by atoms with van der Waals surface area (Å²) in [4.78, 5) is 18.7. The minimum Gasteiger partial charge on any atom is -0.375 e. The molecule has 1 saturated heterocycles. The van der Waals surface area contributed by atoms with Crippen molar-refractivity contribution >= 4 is 34.6 Å². The number of methoxy groups -OCH3 is 1. The molecule has 1 saturated carbocycles. The van der Waals surface area contributed by atoms with Crippen LogP contribution in [0, 0.1) is 13.8 Å². The Hall–Kier alpha value is -3.23. The maximum atomic E-state index is 11.9. The van der Waals surface area contributed by atoms with Gasteiger partial charge in [0.1, 0.15) is 6.61 Å². The third-order valence-corrected chi connectivity index (χ3v) is 6.87. The predicted octanol–water partition coefficient (Wildman–Crippen LogP) is 4.60. The highest BCUT2D eigenvalue weighted by molar-refractivity contribution is 7.80. The van der Waals surface area contributed by atoms with E-state index < -0.39 is 0 Å². The van der Waals surface area contributed by atoms with E-state index in [-0.39, 0.29) is 24.6 Å². The zero-order chi connectivity index (χ0) is 23.8. The Morgan fingerprint density at radius 2 is 1.97 bits per heavy atom. The van der Waals surface area contributed by atoms with Crippen molar-refractivity contribution in [2.24, 2.45) is 0 Å². The van der Waals surface area contributed by atoms with Gasteiger partial charge in [0.05, 0.1) is 17.8 Å². The van der Waals surface area contributed by atoms with Gasteiger partial charge >= 0.3 is 0 Å². The van der Waals surface area contributed by atoms with Crippen LogP contribution in [0.25, 0.3) is 0 Å². The van der Waals surface area contributed by atoms with Gasteiger partial charge in [-0.1, -0.05) is 6.07 Å². The smallest absolute Gasteiger partial charge is 0.250 e. The van der Waals surface area contributed by atoms with Gasteiger partial charge in [0.2, 0.25) is 5.91 Å². The molecule has 0 spiro atoms. The van der Waals surface area contributed by atoms with Gasteiger partial charge < -0.3 is 24.8 Å². The van der Waals surface area contributed by atoms with E-state index >= 15 is 0 Å². The average molecular weight is 476 g/mol. The third-order valence-electron chi connectivity index (χ3n) is 6.56. The SMILES string of the molecule is COCC(=O)Nc1ccc(N2C(=S)N[C@H](c3ccccn3)[C@H]2c2cc(C)n(C3CC3)c2C)cc1. The van der Waals surface area contributed by atoms with Crippen LogP contribution in [0.15, 0.2) is 54.7 Å². The first-order valence-electron chi connectivity index (χ1n) is 11.6. The lowest BCUT2D eigenvalue weighted by Crippen LogP contribution is -2.29. The number of benzene rings is 1. The summed E-state index contributed by atoms with van der Waals surface area (Å²) in [5.41, 5.74) is 6.45. The fraction of sp³-hybridized carbons (Fsp3) is 0.346. The molecule has 2 N–H and O–H groups in total. The summed E-state index contributed by atoms with van der Waals surface area (Å²) in [7, 11) is 1.50. The lowest BCUT2D eigenvalue weighted by atomic mass is 9.96. The number of amides is 1. The lowest BCUT2D eigenvalue weighted by Gasteiger charge is -2.28. The van der Waals surface area contributed by atoms with Gasteiger partial charge in [0.15, 0.2) is 5.11 Å². The van der Waals surface area contributed by atoms with Crippen molar-refractivity contribution in [1.29, 1.82) is 0 Å². The van der Waals surface area contributed by atoms with E-state index in [0.29, 0.717) is 16.8 Å². The Labute approximate surface area is 205 Å². The fourth-order valence-electron chi connectivity index (χ4n) is 4.98. The fourth-order valence-corrected chi connectivity index (χ4v) is 5.33. The van der Waals surface area contributed by atoms with Gasteiger partial charge in [-0.05, 0) is 86.9 Å². The lowest BCUT2D eigenvalue weighted by molar-refractivity contribution is -0.119. The molecule has 1 aromatic carbocycles. The summed E-state index contributed by atoms with van der Waals surface area (Å²) in [5.74, 6) is -0.186. The van der Waals surface area contributed by atoms with E-state index in [0.717, 1.165) is 11.4 Å². The van der Waals surface area contributed by atoms with Gasteiger partial charge in [-0.25, -0.2) is 0 Å². The Balaban J connectivity index is 1.53. The van der Waals surface area contributed by atoms with Gasteiger partial charge in [-0.15, -0.1) is 0 Å². The molecule has 34 heavy (non-hydrogen) atoms. The second kappa shape index (κ2) is 9.19. The van der Waals surface area contributed by atoms with E-state index in [1.807, 2.05) is 48.7 Å². The van der Waals surface area contributed by atoms with Crippen LogP contribution >= 0.6 is 12.2 Å². The molecule has 0 bridgehead atoms. The molecule has 3 aromatic rings. The number of ether oxygens (including phenoxy) is 1. The number of aryl methyl sites for hydroxylation is 1. The highest BCUT2D eigenvalue weighted by Crippen LogP contribution is 2.46. The van der Waals surface area contributed by atoms with Crippen molar-refractivity contribution in [2.75, 3.05) is 23.9 Å². The molecule has 2 aliphatic rings. The van der Waals surface area contributed by atoms with Crippen LogP contribution in [0.2, 0.25) is 0 Å². The zero-order valence-corrected chi connectivity index (χ0v) is 20.4. The molecule has 2 fully saturated rings. The van der Waals surface area contributed by atoms with E-state index in [2.05, 4.69) is 45.0 Å². The topological polar surface area (TPSA) is 71.4 Å². The maximum Gasteiger partial charge on any atom is 0.250 e. The number of carbonyl (C=O) groups excluding carboxylic acids is 1. The molecule has 0 unspecified atom stereocenters. The maximum absolute atomic E-state index is 11.9. The highest BCUT2D eigenvalue weighted by atomic mass is 32.1. The van der Waals surface area contributed by atoms with Gasteiger partial charge in [-0.2, -0.15) is 0 Å². The van der Waals surface area contributed by atoms with Crippen molar-refractivity contribution in [1.82, 2.24) is 14.9 Å². The first-order chi connectivity index (χ1) is 16.5. The summed E-state index contributed by atoms with van der Waals surface area (Å²) in [6.45, 7) is 4.42. The highest BCUT2D eigenvalue weighted by Gasteiger charge is 2.43. The minimum absolute atomic E-state index is 0.0202. The number of nitrogens with zero attached hydrogens (tertiary/aromatic N) is 3. The van der Waals surface area contributed by atoms with Crippen molar-refractivity contribution < 1.29 is 9.53 Å². The standard InChI is InChI=1S/C26H29N5O2S/c1-16-14-21(17(2)30(16)19-11-12-19)25-24(22-6-4-5-13-27-22)29-26(34)31(25)20-9-7-18(8-10-20)28-23(32)15-33-3/h4-10,13-14,19,24-25H,11-12,15H2,1-3H3,(H,28,32)(H,29,34)/t24-,25-/m1/s1. The molecule has 2 aromatic heterocycles. The second-order valence-corrected chi connectivity index (χ2v) is 9.34. The van der Waals surface area contributed by atoms with Gasteiger partial charge in [0, 0.05) is 42.1 Å². The Morgan fingerprint density at radius 1 is 1.21 bits per heavy atom. The van der Waals surface area contributed by atoms with Gasteiger partial charge in [-0.3, -0.25) is 9.78 Å². The Morgan fingerprint density at radius 3 is 2.62 bits per heavy atom. The quantitative estimate of drug-likeness (QED) is 0.487. The first kappa shape index (κ1) is 22.6. The molecular formula is C26H29N5O2S. The van der Waals surface area contributed by atoms with Gasteiger partial charge in [0.25, 0.3) is 0 Å². The molecule has 1 aliphatic carbocycles. The van der Waals surface area contributed by atoms with E-state index in [1.165, 1.54) is 36.9 Å². The van der Waals surface area contributed by atoms with Crippen LogP contribution < -0.4 is 15.5 Å². The monoisotopic (exact) mass is 475 g/mol. The van der Waals surface area contributed by atoms with Crippen LogP contribution in [0.1, 0.15) is 53.6 Å². The van der Waals surface area contributed by atoms with Crippen LogP contribution in [0.4, 0.5) is 11.4 Å². The van der Waals surface area contributed by atoms with Crippen LogP contribution in [0.5, 0.6) is 0 Å². The number of rotatable bonds is 7. The minimum atomic E-state index is -0.186. The summed E-state index contributed by atoms with van der Waals surface area (Å²) >= 11 is 5.85. The number of anilines is 2. The summed E-state index contributed by atoms with van der Waals surface area (Å²) in [6, 6.07) is 16.5. The molecule has 0 radical (unpaired) electrons. The second-order valence-electron chi connectivity index (χ2n) is 8.95.